The van der Waals surface area contributed by atoms with Crippen LogP contribution in [0.25, 0.3) is 21.9 Å². The molecule has 0 radical (unpaired) electrons. The summed E-state index contributed by atoms with van der Waals surface area (Å²) >= 11 is 0. The number of benzene rings is 3. The molecule has 0 bridgehead atoms. The molecule has 0 nitrogen and oxygen atoms in total. The number of hydrogen-bond donors (Lipinski definition) is 0. The molecular formula is C24H15F7. The molecule has 0 saturated heterocycles. The van der Waals surface area contributed by atoms with Gasteiger partial charge in [0.15, 0.2) is 11.6 Å². The van der Waals surface area contributed by atoms with Gasteiger partial charge in [0.1, 0.15) is 5.82 Å². The highest BCUT2D eigenvalue weighted by molar-refractivity contribution is 5.92. The normalized spacial score (nSPS) is 17.5. The van der Waals surface area contributed by atoms with Crippen LogP contribution in [-0.2, 0) is 0 Å². The summed E-state index contributed by atoms with van der Waals surface area (Å²) in [4.78, 5) is 0. The van der Waals surface area contributed by atoms with Crippen molar-refractivity contribution in [3.63, 3.8) is 0 Å². The van der Waals surface area contributed by atoms with Crippen LogP contribution in [0.15, 0.2) is 54.6 Å². The molecule has 0 fully saturated rings. The van der Waals surface area contributed by atoms with Crippen molar-refractivity contribution in [1.82, 2.24) is 0 Å². The molecule has 0 saturated carbocycles. The highest BCUT2D eigenvalue weighted by Gasteiger charge is 2.62. The molecule has 0 amide bonds. The lowest BCUT2D eigenvalue weighted by Gasteiger charge is -2.33. The first-order valence-electron chi connectivity index (χ1n) is 9.29. The van der Waals surface area contributed by atoms with Gasteiger partial charge in [0.2, 0.25) is 0 Å². The molecule has 0 aliphatic heterocycles. The van der Waals surface area contributed by atoms with Crippen molar-refractivity contribution in [2.24, 2.45) is 0 Å². The summed E-state index contributed by atoms with van der Waals surface area (Å²) in [7, 11) is 0. The largest absolute Gasteiger partial charge is 0.340 e. The van der Waals surface area contributed by atoms with E-state index in [2.05, 4.69) is 0 Å². The fraction of sp³-hybridized carbons (Fsp3) is 0.167. The molecule has 31 heavy (non-hydrogen) atoms. The van der Waals surface area contributed by atoms with E-state index in [-0.39, 0.29) is 16.5 Å². The molecule has 160 valence electrons. The van der Waals surface area contributed by atoms with Gasteiger partial charge in [0.05, 0.1) is 5.39 Å². The van der Waals surface area contributed by atoms with Gasteiger partial charge in [0, 0.05) is 16.7 Å². The summed E-state index contributed by atoms with van der Waals surface area (Å²) in [6.07, 6.45) is 1.43. The maximum Gasteiger partial charge on any atom is 0.340 e. The average molecular weight is 436 g/mol. The Morgan fingerprint density at radius 1 is 0.645 bits per heavy atom. The lowest BCUT2D eigenvalue weighted by Crippen LogP contribution is -2.44. The summed E-state index contributed by atoms with van der Waals surface area (Å²) in [6.45, 7) is 3.04. The molecule has 0 atom stereocenters. The van der Waals surface area contributed by atoms with Crippen LogP contribution in [0.3, 0.4) is 0 Å². The average Bonchev–Trinajstić information content (AvgIpc) is 2.70. The number of halogens is 7. The third-order valence-electron chi connectivity index (χ3n) is 5.46. The molecule has 0 N–H and O–H groups in total. The van der Waals surface area contributed by atoms with Gasteiger partial charge in [-0.25, -0.2) is 13.2 Å². The van der Waals surface area contributed by atoms with E-state index in [1.54, 1.807) is 6.92 Å². The molecule has 0 heterocycles. The Bertz CT molecular complexity index is 1270. The third kappa shape index (κ3) is 3.06. The van der Waals surface area contributed by atoms with E-state index in [0.29, 0.717) is 6.08 Å². The summed E-state index contributed by atoms with van der Waals surface area (Å²) < 4.78 is 103. The van der Waals surface area contributed by atoms with E-state index in [1.165, 1.54) is 43.3 Å². The zero-order valence-electron chi connectivity index (χ0n) is 16.3. The molecule has 3 aromatic rings. The Morgan fingerprint density at radius 2 is 1.23 bits per heavy atom. The van der Waals surface area contributed by atoms with Crippen LogP contribution in [0, 0.1) is 31.3 Å². The van der Waals surface area contributed by atoms with Crippen molar-refractivity contribution in [2.45, 2.75) is 25.7 Å². The van der Waals surface area contributed by atoms with Crippen LogP contribution in [0.1, 0.15) is 22.3 Å². The molecule has 0 unspecified atom stereocenters. The van der Waals surface area contributed by atoms with Crippen molar-refractivity contribution < 1.29 is 30.7 Å². The van der Waals surface area contributed by atoms with E-state index in [0.717, 1.165) is 17.7 Å². The van der Waals surface area contributed by atoms with Crippen molar-refractivity contribution in [3.05, 3.63) is 94.3 Å². The zero-order chi connectivity index (χ0) is 22.7. The summed E-state index contributed by atoms with van der Waals surface area (Å²) in [6, 6.07) is 8.80. The predicted molar refractivity (Wildman–Crippen MR) is 106 cm³/mol. The van der Waals surface area contributed by atoms with Gasteiger partial charge in [-0.05, 0) is 36.4 Å². The van der Waals surface area contributed by atoms with Gasteiger partial charge < -0.3 is 0 Å². The predicted octanol–water partition coefficient (Wildman–Crippen LogP) is 7.63. The Kier molecular flexibility index (Phi) is 4.76. The fourth-order valence-corrected chi connectivity index (χ4v) is 3.67. The van der Waals surface area contributed by atoms with Crippen LogP contribution in [0.4, 0.5) is 30.7 Å². The quantitative estimate of drug-likeness (QED) is 0.363. The molecular weight excluding hydrogens is 421 g/mol. The minimum absolute atomic E-state index is 0.0259. The Labute approximate surface area is 173 Å². The number of fused-ring (bicyclic) bond motifs is 1. The summed E-state index contributed by atoms with van der Waals surface area (Å²) in [5.74, 6) is -14.1. The maximum atomic E-state index is 15.0. The van der Waals surface area contributed by atoms with Crippen LogP contribution in [0.2, 0.25) is 0 Å². The van der Waals surface area contributed by atoms with Crippen LogP contribution < -0.4 is 0 Å². The maximum absolute atomic E-state index is 15.0. The molecule has 0 aromatic heterocycles. The highest BCUT2D eigenvalue weighted by atomic mass is 19.3. The van der Waals surface area contributed by atoms with E-state index in [1.807, 2.05) is 0 Å². The molecule has 7 heteroatoms. The van der Waals surface area contributed by atoms with E-state index >= 15 is 0 Å². The third-order valence-corrected chi connectivity index (χ3v) is 5.46. The molecule has 3 aromatic carbocycles. The van der Waals surface area contributed by atoms with Crippen molar-refractivity contribution in [2.75, 3.05) is 0 Å². The van der Waals surface area contributed by atoms with Crippen molar-refractivity contribution >= 4 is 21.9 Å². The standard InChI is InChI=1S/C24H15F7/c1-12-3-6-14(7-4-12)17-9-10-18(24(30,31)23(17,28)29)16-11-15-8-5-13(2)20(25)19(15)22(27)21(16)26/h3-11H,1-2H3. The molecule has 0 spiro atoms. The number of rotatable bonds is 2. The van der Waals surface area contributed by atoms with Gasteiger partial charge in [-0.3, -0.25) is 0 Å². The van der Waals surface area contributed by atoms with Gasteiger partial charge >= 0.3 is 11.8 Å². The number of aryl methyl sites for hydroxylation is 2. The second kappa shape index (κ2) is 6.97. The van der Waals surface area contributed by atoms with Crippen molar-refractivity contribution in [1.29, 1.82) is 0 Å². The smallest absolute Gasteiger partial charge is 0.206 e. The van der Waals surface area contributed by atoms with E-state index in [4.69, 9.17) is 0 Å². The lowest BCUT2D eigenvalue weighted by molar-refractivity contribution is -0.133. The SMILES string of the molecule is Cc1ccc(C2=CC=C(c3cc4ccc(C)c(F)c4c(F)c3F)C(F)(F)C2(F)F)cc1. The molecule has 1 aliphatic carbocycles. The van der Waals surface area contributed by atoms with Gasteiger partial charge in [-0.2, -0.15) is 17.6 Å². The fourth-order valence-electron chi connectivity index (χ4n) is 3.67. The van der Waals surface area contributed by atoms with Gasteiger partial charge in [-0.1, -0.05) is 54.1 Å². The van der Waals surface area contributed by atoms with Crippen LogP contribution >= 0.6 is 0 Å². The Balaban J connectivity index is 1.96. The minimum atomic E-state index is -4.84. The first kappa shape index (κ1) is 21.2. The minimum Gasteiger partial charge on any atom is -0.206 e. The van der Waals surface area contributed by atoms with E-state index < -0.39 is 51.4 Å². The lowest BCUT2D eigenvalue weighted by atomic mass is 9.83. The number of alkyl halides is 4. The topological polar surface area (TPSA) is 0 Å². The van der Waals surface area contributed by atoms with Crippen molar-refractivity contribution in [3.8, 4) is 0 Å². The van der Waals surface area contributed by atoms with Gasteiger partial charge in [0.25, 0.3) is 0 Å². The molecule has 1 aliphatic rings. The summed E-state index contributed by atoms with van der Waals surface area (Å²) in [5, 5.41) is -0.936. The second-order valence-corrected chi connectivity index (χ2v) is 7.52. The highest BCUT2D eigenvalue weighted by Crippen LogP contribution is 2.54. The van der Waals surface area contributed by atoms with Crippen LogP contribution in [0.5, 0.6) is 0 Å². The van der Waals surface area contributed by atoms with Gasteiger partial charge in [-0.15, -0.1) is 0 Å². The second-order valence-electron chi connectivity index (χ2n) is 7.52. The Morgan fingerprint density at radius 3 is 1.87 bits per heavy atom. The zero-order valence-corrected chi connectivity index (χ0v) is 16.3. The Hall–Kier alpha value is -3.09. The monoisotopic (exact) mass is 436 g/mol. The summed E-state index contributed by atoms with van der Waals surface area (Å²) in [5.41, 5.74) is -2.71. The first-order valence-corrected chi connectivity index (χ1v) is 9.29. The molecule has 4 rings (SSSR count). The van der Waals surface area contributed by atoms with Crippen LogP contribution in [-0.4, -0.2) is 11.8 Å². The van der Waals surface area contributed by atoms with E-state index in [9.17, 15) is 30.7 Å². The number of hydrogen-bond acceptors (Lipinski definition) is 0. The number of allylic oxidation sites excluding steroid dienone is 4. The first-order chi connectivity index (χ1) is 14.5.